The number of nitrogens with zero attached hydrogens (tertiary/aromatic N) is 1. The van der Waals surface area contributed by atoms with E-state index in [1.165, 1.54) is 25.7 Å². The molecule has 0 aromatic carbocycles. The van der Waals surface area contributed by atoms with E-state index >= 15 is 0 Å². The van der Waals surface area contributed by atoms with Crippen LogP contribution < -0.4 is 5.32 Å². The highest BCUT2D eigenvalue weighted by Gasteiger charge is 2.30. The number of likely N-dealkylation sites (tertiary alicyclic amines) is 1. The summed E-state index contributed by atoms with van der Waals surface area (Å²) in [4.78, 5) is 24.6. The number of carbonyl (C=O) groups excluding carboxylic acids is 1. The molecule has 5 heteroatoms. The molecule has 2 amide bonds. The molecule has 2 aliphatic rings. The van der Waals surface area contributed by atoms with Crippen LogP contribution in [0.4, 0.5) is 4.79 Å². The lowest BCUT2D eigenvalue weighted by molar-refractivity contribution is -0.138. The summed E-state index contributed by atoms with van der Waals surface area (Å²) in [6.45, 7) is 4.38. The van der Waals surface area contributed by atoms with E-state index in [2.05, 4.69) is 12.2 Å². The minimum atomic E-state index is -0.734. The van der Waals surface area contributed by atoms with Gasteiger partial charge in [-0.1, -0.05) is 19.8 Å². The highest BCUT2D eigenvalue weighted by molar-refractivity contribution is 5.74. The average Bonchev–Trinajstić information content (AvgIpc) is 2.84. The molecule has 0 unspecified atom stereocenters. The van der Waals surface area contributed by atoms with E-state index in [0.29, 0.717) is 13.1 Å². The Labute approximate surface area is 120 Å². The van der Waals surface area contributed by atoms with Crippen molar-refractivity contribution in [1.82, 2.24) is 10.2 Å². The zero-order valence-corrected chi connectivity index (χ0v) is 12.4. The van der Waals surface area contributed by atoms with E-state index in [9.17, 15) is 9.59 Å². The third-order valence-electron chi connectivity index (χ3n) is 4.84. The topological polar surface area (TPSA) is 69.6 Å². The van der Waals surface area contributed by atoms with Crippen LogP contribution in [0.1, 0.15) is 51.9 Å². The molecule has 1 aliphatic carbocycles. The van der Waals surface area contributed by atoms with Gasteiger partial charge < -0.3 is 15.3 Å². The van der Waals surface area contributed by atoms with E-state index in [1.54, 1.807) is 0 Å². The molecule has 20 heavy (non-hydrogen) atoms. The van der Waals surface area contributed by atoms with E-state index in [0.717, 1.165) is 19.4 Å². The first kappa shape index (κ1) is 15.1. The van der Waals surface area contributed by atoms with Crippen molar-refractivity contribution < 1.29 is 14.7 Å². The molecule has 2 rings (SSSR count). The summed E-state index contributed by atoms with van der Waals surface area (Å²) < 4.78 is 0. The Balaban J connectivity index is 1.70. The molecule has 114 valence electrons. The Morgan fingerprint density at radius 2 is 1.85 bits per heavy atom. The number of nitrogens with one attached hydrogen (secondary N) is 1. The van der Waals surface area contributed by atoms with Gasteiger partial charge in [-0.3, -0.25) is 4.79 Å². The second-order valence-electron chi connectivity index (χ2n) is 6.70. The lowest BCUT2D eigenvalue weighted by atomic mass is 9.89. The van der Waals surface area contributed by atoms with Crippen molar-refractivity contribution in [3.63, 3.8) is 0 Å². The highest BCUT2D eigenvalue weighted by atomic mass is 16.4. The largest absolute Gasteiger partial charge is 0.481 e. The molecule has 1 heterocycles. The fraction of sp³-hybridized carbons (Fsp3) is 0.867. The number of amides is 2. The fourth-order valence-corrected chi connectivity index (χ4v) is 3.39. The fourth-order valence-electron chi connectivity index (χ4n) is 3.39. The predicted octanol–water partition coefficient (Wildman–Crippen LogP) is 2.46. The number of piperidine rings is 1. The number of rotatable bonds is 4. The van der Waals surface area contributed by atoms with Gasteiger partial charge in [0.15, 0.2) is 0 Å². The number of hydrogen-bond acceptors (Lipinski definition) is 2. The maximum absolute atomic E-state index is 12.1. The summed E-state index contributed by atoms with van der Waals surface area (Å²) in [6, 6.07) is 0.0203. The lowest BCUT2D eigenvalue weighted by Gasteiger charge is -2.33. The number of carboxylic acid groups (broad SMARTS) is 1. The third-order valence-corrected chi connectivity index (χ3v) is 4.84. The molecule has 5 nitrogen and oxygen atoms in total. The van der Waals surface area contributed by atoms with Crippen molar-refractivity contribution >= 4 is 12.0 Å². The van der Waals surface area contributed by atoms with Crippen LogP contribution in [0.2, 0.25) is 0 Å². The Kier molecular flexibility index (Phi) is 4.89. The number of carbonyl (C=O) groups is 2. The van der Waals surface area contributed by atoms with Gasteiger partial charge in [-0.25, -0.2) is 4.79 Å². The van der Waals surface area contributed by atoms with Crippen LogP contribution in [0.25, 0.3) is 0 Å². The van der Waals surface area contributed by atoms with E-state index < -0.39 is 5.97 Å². The van der Waals surface area contributed by atoms with Gasteiger partial charge >= 0.3 is 12.0 Å². The van der Waals surface area contributed by atoms with Crippen LogP contribution in [-0.4, -0.2) is 41.6 Å². The number of aliphatic carboxylic acids is 1. The van der Waals surface area contributed by atoms with Crippen molar-refractivity contribution in [2.75, 3.05) is 19.6 Å². The lowest BCUT2D eigenvalue weighted by Crippen LogP contribution is -2.47. The van der Waals surface area contributed by atoms with Gasteiger partial charge in [0.25, 0.3) is 0 Å². The monoisotopic (exact) mass is 282 g/mol. The summed E-state index contributed by atoms with van der Waals surface area (Å²) in [7, 11) is 0. The number of hydrogen-bond donors (Lipinski definition) is 2. The minimum absolute atomic E-state index is 0.0203. The molecule has 1 saturated heterocycles. The maximum Gasteiger partial charge on any atom is 0.317 e. The summed E-state index contributed by atoms with van der Waals surface area (Å²) in [6.07, 6.45) is 6.78. The quantitative estimate of drug-likeness (QED) is 0.832. The third kappa shape index (κ3) is 4.12. The zero-order valence-electron chi connectivity index (χ0n) is 12.4. The molecule has 0 aromatic rings. The summed E-state index contributed by atoms with van der Waals surface area (Å²) in [5, 5.41) is 11.8. The van der Waals surface area contributed by atoms with Gasteiger partial charge in [0, 0.05) is 26.1 Å². The number of urea groups is 1. The normalized spacial score (nSPS) is 22.8. The van der Waals surface area contributed by atoms with Crippen LogP contribution in [0.15, 0.2) is 0 Å². The van der Waals surface area contributed by atoms with Crippen molar-refractivity contribution in [3.8, 4) is 0 Å². The van der Waals surface area contributed by atoms with Gasteiger partial charge in [0.05, 0.1) is 0 Å². The molecule has 0 spiro atoms. The molecular formula is C15H26N2O3. The Morgan fingerprint density at radius 3 is 2.40 bits per heavy atom. The maximum atomic E-state index is 12.1. The van der Waals surface area contributed by atoms with Crippen LogP contribution >= 0.6 is 0 Å². The molecule has 2 fully saturated rings. The second kappa shape index (κ2) is 6.46. The molecular weight excluding hydrogens is 256 g/mol. The first-order valence-corrected chi connectivity index (χ1v) is 7.73. The summed E-state index contributed by atoms with van der Waals surface area (Å²) in [5.41, 5.74) is 0.275. The first-order chi connectivity index (χ1) is 9.48. The molecule has 0 aromatic heterocycles. The molecule has 0 bridgehead atoms. The van der Waals surface area contributed by atoms with Crippen LogP contribution in [-0.2, 0) is 4.79 Å². The molecule has 1 aliphatic heterocycles. The van der Waals surface area contributed by atoms with Gasteiger partial charge in [-0.05, 0) is 37.0 Å². The zero-order chi connectivity index (χ0) is 14.6. The minimum Gasteiger partial charge on any atom is -0.481 e. The van der Waals surface area contributed by atoms with Crippen molar-refractivity contribution in [2.24, 2.45) is 11.3 Å². The van der Waals surface area contributed by atoms with Crippen LogP contribution in [0.5, 0.6) is 0 Å². The molecule has 2 N–H and O–H groups in total. The average molecular weight is 282 g/mol. The van der Waals surface area contributed by atoms with Crippen molar-refractivity contribution in [2.45, 2.75) is 51.9 Å². The molecule has 0 radical (unpaired) electrons. The van der Waals surface area contributed by atoms with Gasteiger partial charge in [0.1, 0.15) is 0 Å². The highest BCUT2D eigenvalue weighted by Crippen LogP contribution is 2.36. The van der Waals surface area contributed by atoms with Crippen molar-refractivity contribution in [3.05, 3.63) is 0 Å². The molecule has 0 atom stereocenters. The predicted molar refractivity (Wildman–Crippen MR) is 76.5 cm³/mol. The van der Waals surface area contributed by atoms with E-state index in [4.69, 9.17) is 5.11 Å². The van der Waals surface area contributed by atoms with Gasteiger partial charge in [0.2, 0.25) is 0 Å². The Morgan fingerprint density at radius 1 is 1.25 bits per heavy atom. The van der Waals surface area contributed by atoms with Crippen LogP contribution in [0, 0.1) is 11.3 Å². The van der Waals surface area contributed by atoms with E-state index in [1.807, 2.05) is 4.90 Å². The van der Waals surface area contributed by atoms with Gasteiger partial charge in [-0.2, -0.15) is 0 Å². The Hall–Kier alpha value is -1.26. The summed E-state index contributed by atoms with van der Waals surface area (Å²) >= 11 is 0. The van der Waals surface area contributed by atoms with Crippen LogP contribution in [0.3, 0.4) is 0 Å². The smallest absolute Gasteiger partial charge is 0.317 e. The second-order valence-corrected chi connectivity index (χ2v) is 6.70. The standard InChI is InChI=1S/C15H26N2O3/c1-15(6-2-3-7-15)11-16-14(20)17-8-4-12(5-9-17)10-13(18)19/h12H,2-11H2,1H3,(H,16,20)(H,18,19). The SMILES string of the molecule is CC1(CNC(=O)N2CCC(CC(=O)O)CC2)CCCC1. The Bertz CT molecular complexity index is 356. The first-order valence-electron chi connectivity index (χ1n) is 7.73. The van der Waals surface area contributed by atoms with Crippen molar-refractivity contribution in [1.29, 1.82) is 0 Å². The van der Waals surface area contributed by atoms with E-state index in [-0.39, 0.29) is 23.8 Å². The summed E-state index contributed by atoms with van der Waals surface area (Å²) in [5.74, 6) is -0.508. The molecule has 1 saturated carbocycles. The number of carboxylic acids is 1. The van der Waals surface area contributed by atoms with Gasteiger partial charge in [-0.15, -0.1) is 0 Å².